The number of ether oxygens (including phenoxy) is 1. The van der Waals surface area contributed by atoms with Gasteiger partial charge in [-0.05, 0) is 30.7 Å². The summed E-state index contributed by atoms with van der Waals surface area (Å²) >= 11 is 0. The summed E-state index contributed by atoms with van der Waals surface area (Å²) in [6.07, 6.45) is 3.18. The van der Waals surface area contributed by atoms with Crippen LogP contribution in [0.4, 0.5) is 0 Å². The predicted octanol–water partition coefficient (Wildman–Crippen LogP) is 1.52. The lowest BCUT2D eigenvalue weighted by atomic mass is 10.2. The second-order valence-corrected chi connectivity index (χ2v) is 5.28. The second kappa shape index (κ2) is 7.96. The van der Waals surface area contributed by atoms with Gasteiger partial charge in [-0.2, -0.15) is 0 Å². The van der Waals surface area contributed by atoms with Gasteiger partial charge in [-0.15, -0.1) is 0 Å². The minimum absolute atomic E-state index is 0.148. The van der Waals surface area contributed by atoms with E-state index < -0.39 is 5.91 Å². The fourth-order valence-corrected chi connectivity index (χ4v) is 1.94. The maximum absolute atomic E-state index is 12.1. The van der Waals surface area contributed by atoms with Crippen molar-refractivity contribution in [2.24, 2.45) is 5.73 Å². The smallest absolute Gasteiger partial charge is 0.255 e. The summed E-state index contributed by atoms with van der Waals surface area (Å²) in [5.74, 6) is 0.565. The number of nitrogens with two attached hydrogens (primary N) is 1. The van der Waals surface area contributed by atoms with Gasteiger partial charge in [0.15, 0.2) is 6.61 Å². The van der Waals surface area contributed by atoms with Gasteiger partial charge in [-0.1, -0.05) is 17.3 Å². The number of likely N-dealkylation sites (N-methyl/N-ethyl adjacent to an activating group) is 1. The maximum atomic E-state index is 12.1. The van der Waals surface area contributed by atoms with Gasteiger partial charge in [0.05, 0.1) is 6.54 Å². The first-order valence-electron chi connectivity index (χ1n) is 7.30. The topological polar surface area (TPSA) is 98.7 Å². The molecule has 2 amide bonds. The Bertz CT molecular complexity index is 735. The highest BCUT2D eigenvalue weighted by molar-refractivity contribution is 5.91. The molecule has 0 saturated heterocycles. The van der Waals surface area contributed by atoms with Crippen molar-refractivity contribution in [2.75, 3.05) is 13.7 Å². The number of carbonyl (C=O) groups is 2. The van der Waals surface area contributed by atoms with Crippen molar-refractivity contribution >= 4 is 17.9 Å². The third-order valence-corrected chi connectivity index (χ3v) is 3.13. The van der Waals surface area contributed by atoms with Gasteiger partial charge in [0.2, 0.25) is 5.91 Å². The summed E-state index contributed by atoms with van der Waals surface area (Å²) in [5.41, 5.74) is 6.54. The molecule has 1 aromatic heterocycles. The van der Waals surface area contributed by atoms with Crippen LogP contribution in [0, 0.1) is 6.92 Å². The number of benzene rings is 1. The molecule has 0 unspecified atom stereocenters. The SMILES string of the molecule is Cc1cc(CN(C)C(=O)/C=C\c2ccc(OCC(N)=O)cc2)no1. The third kappa shape index (κ3) is 5.28. The quantitative estimate of drug-likeness (QED) is 0.777. The molecule has 7 heteroatoms. The molecule has 1 aromatic carbocycles. The van der Waals surface area contributed by atoms with E-state index in [1.54, 1.807) is 50.4 Å². The van der Waals surface area contributed by atoms with E-state index in [4.69, 9.17) is 15.0 Å². The van der Waals surface area contributed by atoms with Crippen molar-refractivity contribution < 1.29 is 18.8 Å². The van der Waals surface area contributed by atoms with E-state index in [-0.39, 0.29) is 12.5 Å². The number of carbonyl (C=O) groups excluding carboxylic acids is 2. The molecule has 0 spiro atoms. The van der Waals surface area contributed by atoms with Crippen LogP contribution in [0.2, 0.25) is 0 Å². The Morgan fingerprint density at radius 3 is 2.62 bits per heavy atom. The summed E-state index contributed by atoms with van der Waals surface area (Å²) in [6, 6.07) is 8.75. The Hall–Kier alpha value is -3.09. The van der Waals surface area contributed by atoms with Gasteiger partial charge in [0, 0.05) is 19.2 Å². The van der Waals surface area contributed by atoms with Gasteiger partial charge >= 0.3 is 0 Å². The van der Waals surface area contributed by atoms with Gasteiger partial charge in [0.1, 0.15) is 17.2 Å². The third-order valence-electron chi connectivity index (χ3n) is 3.13. The van der Waals surface area contributed by atoms with Crippen LogP contribution >= 0.6 is 0 Å². The largest absolute Gasteiger partial charge is 0.484 e. The number of nitrogens with zero attached hydrogens (tertiary/aromatic N) is 2. The van der Waals surface area contributed by atoms with Crippen molar-refractivity contribution in [1.82, 2.24) is 10.1 Å². The van der Waals surface area contributed by atoms with Crippen molar-refractivity contribution in [3.63, 3.8) is 0 Å². The van der Waals surface area contributed by atoms with Gasteiger partial charge in [0.25, 0.3) is 5.91 Å². The Labute approximate surface area is 139 Å². The first-order valence-corrected chi connectivity index (χ1v) is 7.30. The first kappa shape index (κ1) is 17.3. The van der Waals surface area contributed by atoms with Crippen molar-refractivity contribution in [3.8, 4) is 5.75 Å². The highest BCUT2D eigenvalue weighted by Gasteiger charge is 2.08. The number of amides is 2. The van der Waals surface area contributed by atoms with E-state index in [0.29, 0.717) is 23.7 Å². The zero-order valence-corrected chi connectivity index (χ0v) is 13.6. The van der Waals surface area contributed by atoms with Crippen LogP contribution in [-0.4, -0.2) is 35.5 Å². The molecular formula is C17H19N3O4. The van der Waals surface area contributed by atoms with E-state index in [1.807, 2.05) is 0 Å². The summed E-state index contributed by atoms with van der Waals surface area (Å²) in [5, 5.41) is 3.86. The fraction of sp³-hybridized carbons (Fsp3) is 0.235. The number of aryl methyl sites for hydroxylation is 1. The van der Waals surface area contributed by atoms with Crippen LogP contribution in [0.1, 0.15) is 17.0 Å². The van der Waals surface area contributed by atoms with Crippen molar-refractivity contribution in [1.29, 1.82) is 0 Å². The molecule has 24 heavy (non-hydrogen) atoms. The fourth-order valence-electron chi connectivity index (χ4n) is 1.94. The molecule has 0 atom stereocenters. The van der Waals surface area contributed by atoms with Crippen LogP contribution in [0.25, 0.3) is 6.08 Å². The molecule has 0 bridgehead atoms. The average molecular weight is 329 g/mol. The molecule has 7 nitrogen and oxygen atoms in total. The maximum Gasteiger partial charge on any atom is 0.255 e. The standard InChI is InChI=1S/C17H19N3O4/c1-12-9-14(19-24-12)10-20(2)17(22)8-5-13-3-6-15(7-4-13)23-11-16(18)21/h3-9H,10-11H2,1-2H3,(H2,18,21)/b8-5-. The predicted molar refractivity (Wildman–Crippen MR) is 87.9 cm³/mol. The Morgan fingerprint density at radius 2 is 2.04 bits per heavy atom. The molecule has 2 rings (SSSR count). The highest BCUT2D eigenvalue weighted by Crippen LogP contribution is 2.13. The van der Waals surface area contributed by atoms with Crippen molar-refractivity contribution in [3.05, 3.63) is 53.4 Å². The van der Waals surface area contributed by atoms with Crippen LogP contribution < -0.4 is 10.5 Å². The number of hydrogen-bond donors (Lipinski definition) is 1. The molecule has 2 N–H and O–H groups in total. The Balaban J connectivity index is 1.89. The van der Waals surface area contributed by atoms with Crippen molar-refractivity contribution in [2.45, 2.75) is 13.5 Å². The first-order chi connectivity index (χ1) is 11.4. The summed E-state index contributed by atoms with van der Waals surface area (Å²) in [7, 11) is 1.69. The van der Waals surface area contributed by atoms with E-state index >= 15 is 0 Å². The monoisotopic (exact) mass is 329 g/mol. The molecule has 0 radical (unpaired) electrons. The van der Waals surface area contributed by atoms with Gasteiger partial charge in [-0.3, -0.25) is 9.59 Å². The van der Waals surface area contributed by atoms with Gasteiger partial charge in [-0.25, -0.2) is 0 Å². The lowest BCUT2D eigenvalue weighted by molar-refractivity contribution is -0.125. The summed E-state index contributed by atoms with van der Waals surface area (Å²) in [6.45, 7) is 2.01. The lowest BCUT2D eigenvalue weighted by Gasteiger charge is -2.12. The van der Waals surface area contributed by atoms with E-state index in [9.17, 15) is 9.59 Å². The zero-order valence-electron chi connectivity index (χ0n) is 13.6. The lowest BCUT2D eigenvalue weighted by Crippen LogP contribution is -2.24. The highest BCUT2D eigenvalue weighted by atomic mass is 16.5. The molecule has 0 saturated carbocycles. The van der Waals surface area contributed by atoms with E-state index in [2.05, 4.69) is 5.16 Å². The summed E-state index contributed by atoms with van der Waals surface area (Å²) < 4.78 is 10.1. The molecule has 0 aliphatic rings. The van der Waals surface area contributed by atoms with Crippen LogP contribution in [0.15, 0.2) is 40.9 Å². The molecule has 0 fully saturated rings. The van der Waals surface area contributed by atoms with Crippen LogP contribution in [0.5, 0.6) is 5.75 Å². The van der Waals surface area contributed by atoms with E-state index in [0.717, 1.165) is 5.56 Å². The Morgan fingerprint density at radius 1 is 1.33 bits per heavy atom. The molecule has 0 aliphatic heterocycles. The molecule has 126 valence electrons. The Kier molecular flexibility index (Phi) is 5.73. The summed E-state index contributed by atoms with van der Waals surface area (Å²) in [4.78, 5) is 24.3. The number of aromatic nitrogens is 1. The molecule has 1 heterocycles. The number of primary amides is 1. The molecule has 2 aromatic rings. The zero-order chi connectivity index (χ0) is 17.5. The minimum atomic E-state index is -0.532. The average Bonchev–Trinajstić information content (AvgIpc) is 2.96. The molecule has 0 aliphatic carbocycles. The second-order valence-electron chi connectivity index (χ2n) is 5.28. The molecular weight excluding hydrogens is 310 g/mol. The van der Waals surface area contributed by atoms with Crippen LogP contribution in [0.3, 0.4) is 0 Å². The van der Waals surface area contributed by atoms with Gasteiger partial charge < -0.3 is 19.9 Å². The minimum Gasteiger partial charge on any atom is -0.484 e. The normalized spacial score (nSPS) is 10.8. The number of rotatable bonds is 7. The van der Waals surface area contributed by atoms with Crippen LogP contribution in [-0.2, 0) is 16.1 Å². The van der Waals surface area contributed by atoms with E-state index in [1.165, 1.54) is 11.0 Å². The number of hydrogen-bond acceptors (Lipinski definition) is 5.